The fourth-order valence-electron chi connectivity index (χ4n) is 1.62. The minimum absolute atomic E-state index is 0.300. The van der Waals surface area contributed by atoms with Crippen LogP contribution in [-0.2, 0) is 18.9 Å². The molecule has 0 amide bonds. The van der Waals surface area contributed by atoms with Crippen molar-refractivity contribution in [3.05, 3.63) is 23.3 Å². The van der Waals surface area contributed by atoms with Gasteiger partial charge in [0.25, 0.3) is 0 Å². The van der Waals surface area contributed by atoms with Crippen molar-refractivity contribution in [2.75, 3.05) is 26.4 Å². The lowest BCUT2D eigenvalue weighted by Gasteiger charge is -2.16. The van der Waals surface area contributed by atoms with Crippen molar-refractivity contribution in [2.24, 2.45) is 0 Å². The molecule has 0 aromatic heterocycles. The Morgan fingerprint density at radius 1 is 0.650 bits per heavy atom. The Labute approximate surface area is 123 Å². The SMILES string of the molecule is CCOC(C=C(C)C(C)=CC(OCC)OCC)OCC. The van der Waals surface area contributed by atoms with Crippen molar-refractivity contribution in [3.63, 3.8) is 0 Å². The van der Waals surface area contributed by atoms with Gasteiger partial charge in [-0.3, -0.25) is 0 Å². The van der Waals surface area contributed by atoms with Gasteiger partial charge in [-0.25, -0.2) is 0 Å². The Morgan fingerprint density at radius 3 is 1.10 bits per heavy atom. The van der Waals surface area contributed by atoms with Crippen molar-refractivity contribution >= 4 is 0 Å². The number of hydrogen-bond donors (Lipinski definition) is 0. The van der Waals surface area contributed by atoms with Crippen LogP contribution in [0, 0.1) is 0 Å². The van der Waals surface area contributed by atoms with Crippen LogP contribution in [0.3, 0.4) is 0 Å². The molecule has 0 aliphatic heterocycles. The first-order valence-electron chi connectivity index (χ1n) is 7.42. The molecule has 118 valence electrons. The van der Waals surface area contributed by atoms with Crippen LogP contribution in [0.1, 0.15) is 41.5 Å². The molecule has 4 heteroatoms. The minimum atomic E-state index is -0.300. The lowest BCUT2D eigenvalue weighted by Crippen LogP contribution is -2.16. The smallest absolute Gasteiger partial charge is 0.177 e. The van der Waals surface area contributed by atoms with Gasteiger partial charge in [0.05, 0.1) is 0 Å². The van der Waals surface area contributed by atoms with Gasteiger partial charge >= 0.3 is 0 Å². The lowest BCUT2D eigenvalue weighted by atomic mass is 10.1. The summed E-state index contributed by atoms with van der Waals surface area (Å²) in [7, 11) is 0. The van der Waals surface area contributed by atoms with Gasteiger partial charge in [0, 0.05) is 26.4 Å². The molecule has 0 aliphatic carbocycles. The highest BCUT2D eigenvalue weighted by molar-refractivity contribution is 5.28. The first kappa shape index (κ1) is 19.3. The maximum absolute atomic E-state index is 5.51. The molecule has 20 heavy (non-hydrogen) atoms. The van der Waals surface area contributed by atoms with Crippen molar-refractivity contribution in [1.29, 1.82) is 0 Å². The second kappa shape index (κ2) is 12.1. The van der Waals surface area contributed by atoms with Gasteiger partial charge in [0.15, 0.2) is 12.6 Å². The summed E-state index contributed by atoms with van der Waals surface area (Å²) in [6.45, 7) is 14.4. The van der Waals surface area contributed by atoms with E-state index >= 15 is 0 Å². The van der Waals surface area contributed by atoms with E-state index in [0.29, 0.717) is 26.4 Å². The van der Waals surface area contributed by atoms with Gasteiger partial charge < -0.3 is 18.9 Å². The molecule has 4 nitrogen and oxygen atoms in total. The van der Waals surface area contributed by atoms with Gasteiger partial charge in [0.1, 0.15) is 0 Å². The van der Waals surface area contributed by atoms with Crippen LogP contribution in [0.25, 0.3) is 0 Å². The largest absolute Gasteiger partial charge is 0.349 e. The highest BCUT2D eigenvalue weighted by atomic mass is 16.7. The summed E-state index contributed by atoms with van der Waals surface area (Å²) in [5, 5.41) is 0. The van der Waals surface area contributed by atoms with Gasteiger partial charge in [-0.05, 0) is 64.8 Å². The number of ether oxygens (including phenoxy) is 4. The fraction of sp³-hybridized carbons (Fsp3) is 0.750. The van der Waals surface area contributed by atoms with Crippen LogP contribution in [0.4, 0.5) is 0 Å². The summed E-state index contributed by atoms with van der Waals surface area (Å²) in [5.74, 6) is 0. The first-order valence-corrected chi connectivity index (χ1v) is 7.42. The number of allylic oxidation sites excluding steroid dienone is 2. The van der Waals surface area contributed by atoms with Gasteiger partial charge in [-0.1, -0.05) is 0 Å². The third kappa shape index (κ3) is 8.48. The maximum atomic E-state index is 5.51. The summed E-state index contributed by atoms with van der Waals surface area (Å²) in [6.07, 6.45) is 3.36. The van der Waals surface area contributed by atoms with Crippen molar-refractivity contribution in [1.82, 2.24) is 0 Å². The molecule has 0 bridgehead atoms. The molecular weight excluding hydrogens is 256 g/mol. The Balaban J connectivity index is 4.79. The van der Waals surface area contributed by atoms with Crippen molar-refractivity contribution in [2.45, 2.75) is 54.1 Å². The van der Waals surface area contributed by atoms with Crippen molar-refractivity contribution < 1.29 is 18.9 Å². The van der Waals surface area contributed by atoms with Crippen LogP contribution in [0.2, 0.25) is 0 Å². The summed E-state index contributed by atoms with van der Waals surface area (Å²) in [6, 6.07) is 0. The normalized spacial score (nSPS) is 13.6. The lowest BCUT2D eigenvalue weighted by molar-refractivity contribution is -0.105. The summed E-state index contributed by atoms with van der Waals surface area (Å²) in [5.41, 5.74) is 2.20. The third-order valence-electron chi connectivity index (χ3n) is 2.72. The molecule has 0 aromatic rings. The highest BCUT2D eigenvalue weighted by Crippen LogP contribution is 2.14. The minimum Gasteiger partial charge on any atom is -0.349 e. The zero-order valence-electron chi connectivity index (χ0n) is 13.8. The Bertz CT molecular complexity index is 255. The Morgan fingerprint density at radius 2 is 0.900 bits per heavy atom. The molecule has 0 fully saturated rings. The van der Waals surface area contributed by atoms with Crippen LogP contribution in [0.15, 0.2) is 23.3 Å². The molecule has 0 unspecified atom stereocenters. The molecule has 0 aromatic carbocycles. The second-order valence-electron chi connectivity index (χ2n) is 4.26. The van der Waals surface area contributed by atoms with E-state index in [1.807, 2.05) is 53.7 Å². The van der Waals surface area contributed by atoms with Crippen LogP contribution in [-0.4, -0.2) is 39.0 Å². The van der Waals surface area contributed by atoms with Gasteiger partial charge in [-0.2, -0.15) is 0 Å². The molecule has 0 heterocycles. The topological polar surface area (TPSA) is 36.9 Å². The molecule has 0 N–H and O–H groups in total. The van der Waals surface area contributed by atoms with Crippen LogP contribution < -0.4 is 0 Å². The van der Waals surface area contributed by atoms with Gasteiger partial charge in [-0.15, -0.1) is 0 Å². The third-order valence-corrected chi connectivity index (χ3v) is 2.72. The Hall–Kier alpha value is -0.680. The van der Waals surface area contributed by atoms with Gasteiger partial charge in [0.2, 0.25) is 0 Å². The zero-order valence-corrected chi connectivity index (χ0v) is 13.8. The van der Waals surface area contributed by atoms with E-state index in [0.717, 1.165) is 11.1 Å². The molecule has 0 saturated carbocycles. The van der Waals surface area contributed by atoms with E-state index in [1.165, 1.54) is 0 Å². The van der Waals surface area contributed by atoms with E-state index in [2.05, 4.69) is 0 Å². The first-order chi connectivity index (χ1) is 9.58. The van der Waals surface area contributed by atoms with Crippen molar-refractivity contribution in [3.8, 4) is 0 Å². The molecule has 0 atom stereocenters. The quantitative estimate of drug-likeness (QED) is 0.429. The zero-order chi connectivity index (χ0) is 15.4. The number of rotatable bonds is 11. The summed E-state index contributed by atoms with van der Waals surface area (Å²) < 4.78 is 22.1. The fourth-order valence-corrected chi connectivity index (χ4v) is 1.62. The highest BCUT2D eigenvalue weighted by Gasteiger charge is 2.08. The predicted octanol–water partition coefficient (Wildman–Crippen LogP) is 3.68. The standard InChI is InChI=1S/C16H30O4/c1-7-17-15(18-8-2)11-13(5)14(6)12-16(19-9-3)20-10-4/h11-12,15-16H,7-10H2,1-6H3. The summed E-state index contributed by atoms with van der Waals surface area (Å²) >= 11 is 0. The summed E-state index contributed by atoms with van der Waals surface area (Å²) in [4.78, 5) is 0. The average Bonchev–Trinajstić information content (AvgIpc) is 2.39. The average molecular weight is 286 g/mol. The predicted molar refractivity (Wildman–Crippen MR) is 81.6 cm³/mol. The molecule has 0 spiro atoms. The van der Waals surface area contributed by atoms with Crippen LogP contribution in [0.5, 0.6) is 0 Å². The molecule has 0 aliphatic rings. The van der Waals surface area contributed by atoms with E-state index in [1.54, 1.807) is 0 Å². The van der Waals surface area contributed by atoms with E-state index in [9.17, 15) is 0 Å². The van der Waals surface area contributed by atoms with E-state index in [-0.39, 0.29) is 12.6 Å². The van der Waals surface area contributed by atoms with E-state index < -0.39 is 0 Å². The monoisotopic (exact) mass is 286 g/mol. The maximum Gasteiger partial charge on any atom is 0.177 e. The van der Waals surface area contributed by atoms with E-state index in [4.69, 9.17) is 18.9 Å². The number of hydrogen-bond acceptors (Lipinski definition) is 4. The molecule has 0 rings (SSSR count). The molecular formula is C16H30O4. The molecule has 0 saturated heterocycles. The van der Waals surface area contributed by atoms with Crippen LogP contribution >= 0.6 is 0 Å². The molecule has 0 radical (unpaired) electrons. The Kier molecular flexibility index (Phi) is 11.7. The second-order valence-corrected chi connectivity index (χ2v) is 4.26.